The Morgan fingerprint density at radius 3 is 3.00 bits per heavy atom. The Hall–Kier alpha value is -2.37. The van der Waals surface area contributed by atoms with Crippen LogP contribution >= 0.6 is 0 Å². The average Bonchev–Trinajstić information content (AvgIpc) is 3.07. The minimum atomic E-state index is -0.0583. The molecule has 1 fully saturated rings. The molecule has 6 nitrogen and oxygen atoms in total. The second-order valence-electron chi connectivity index (χ2n) is 5.19. The minimum absolute atomic E-state index is 0.0246. The van der Waals surface area contributed by atoms with E-state index in [1.165, 1.54) is 6.20 Å². The van der Waals surface area contributed by atoms with Gasteiger partial charge >= 0.3 is 0 Å². The van der Waals surface area contributed by atoms with E-state index in [1.54, 1.807) is 11.8 Å². The minimum Gasteiger partial charge on any atom is -0.472 e. The lowest BCUT2D eigenvalue weighted by molar-refractivity contribution is 0.0769. The first kappa shape index (κ1) is 13.6. The van der Waals surface area contributed by atoms with Gasteiger partial charge < -0.3 is 14.2 Å². The van der Waals surface area contributed by atoms with Crippen molar-refractivity contribution in [1.82, 2.24) is 15.0 Å². The number of likely N-dealkylation sites (tertiary alicyclic amines) is 1. The summed E-state index contributed by atoms with van der Waals surface area (Å²) in [5.74, 6) is 1.09. The number of rotatable bonds is 3. The molecule has 1 saturated heterocycles. The van der Waals surface area contributed by atoms with Crippen molar-refractivity contribution in [2.75, 3.05) is 13.1 Å². The first-order chi connectivity index (χ1) is 10.1. The second-order valence-corrected chi connectivity index (χ2v) is 5.19. The van der Waals surface area contributed by atoms with Crippen LogP contribution in [0.2, 0.25) is 0 Å². The molecule has 2 aromatic rings. The van der Waals surface area contributed by atoms with Gasteiger partial charge in [0.1, 0.15) is 17.4 Å². The van der Waals surface area contributed by atoms with Crippen molar-refractivity contribution in [2.24, 2.45) is 0 Å². The quantitative estimate of drug-likeness (QED) is 0.863. The highest BCUT2D eigenvalue weighted by molar-refractivity contribution is 5.94. The van der Waals surface area contributed by atoms with E-state index in [9.17, 15) is 4.79 Å². The molecule has 1 atom stereocenters. The van der Waals surface area contributed by atoms with E-state index in [-0.39, 0.29) is 12.0 Å². The Kier molecular flexibility index (Phi) is 3.60. The van der Waals surface area contributed by atoms with Gasteiger partial charge in [-0.25, -0.2) is 4.98 Å². The molecule has 0 spiro atoms. The van der Waals surface area contributed by atoms with Gasteiger partial charge in [-0.1, -0.05) is 11.2 Å². The predicted molar refractivity (Wildman–Crippen MR) is 75.2 cm³/mol. The lowest BCUT2D eigenvalue weighted by Crippen LogP contribution is -2.31. The van der Waals surface area contributed by atoms with Crippen LogP contribution in [0, 0.1) is 13.8 Å². The Balaban J connectivity index is 1.63. The Labute approximate surface area is 122 Å². The molecule has 110 valence electrons. The van der Waals surface area contributed by atoms with Crippen LogP contribution in [0.3, 0.4) is 0 Å². The molecule has 1 amide bonds. The molecule has 1 aliphatic rings. The number of carbonyl (C=O) groups is 1. The predicted octanol–water partition coefficient (Wildman–Crippen LogP) is 1.98. The summed E-state index contributed by atoms with van der Waals surface area (Å²) in [7, 11) is 0. The number of ether oxygens (including phenoxy) is 1. The fourth-order valence-electron chi connectivity index (χ4n) is 2.44. The van der Waals surface area contributed by atoms with Gasteiger partial charge in [0.15, 0.2) is 0 Å². The molecule has 0 aromatic carbocycles. The molecule has 3 heterocycles. The summed E-state index contributed by atoms with van der Waals surface area (Å²) < 4.78 is 10.8. The molecule has 3 rings (SSSR count). The normalized spacial score (nSPS) is 18.0. The van der Waals surface area contributed by atoms with E-state index >= 15 is 0 Å². The lowest BCUT2D eigenvalue weighted by Gasteiger charge is -2.16. The highest BCUT2D eigenvalue weighted by atomic mass is 16.5. The molecule has 1 aliphatic heterocycles. The number of aromatic nitrogens is 2. The molecule has 0 radical (unpaired) electrons. The summed E-state index contributed by atoms with van der Waals surface area (Å²) in [5.41, 5.74) is 1.43. The zero-order chi connectivity index (χ0) is 14.8. The Morgan fingerprint density at radius 1 is 1.43 bits per heavy atom. The first-order valence-electron chi connectivity index (χ1n) is 6.94. The standard InChI is InChI=1S/C15H17N3O3/c1-10-4-3-5-14(17-10)20-12-6-7-18(9-12)15(19)13-8-16-21-11(13)2/h3-5,8,12H,6-7,9H2,1-2H3/t12-/m1/s1. The molecular formula is C15H17N3O3. The van der Waals surface area contributed by atoms with E-state index in [2.05, 4.69) is 10.1 Å². The van der Waals surface area contributed by atoms with E-state index in [1.807, 2.05) is 25.1 Å². The molecule has 0 N–H and O–H groups in total. The van der Waals surface area contributed by atoms with Gasteiger partial charge in [0.2, 0.25) is 5.88 Å². The van der Waals surface area contributed by atoms with Crippen LogP contribution in [-0.4, -0.2) is 40.1 Å². The maximum atomic E-state index is 12.3. The second kappa shape index (κ2) is 5.55. The van der Waals surface area contributed by atoms with Crippen molar-refractivity contribution < 1.29 is 14.1 Å². The molecular weight excluding hydrogens is 270 g/mol. The maximum absolute atomic E-state index is 12.3. The summed E-state index contributed by atoms with van der Waals surface area (Å²) in [4.78, 5) is 18.4. The van der Waals surface area contributed by atoms with Gasteiger partial charge in [-0.05, 0) is 19.9 Å². The van der Waals surface area contributed by atoms with Crippen LogP contribution in [0.25, 0.3) is 0 Å². The number of hydrogen-bond donors (Lipinski definition) is 0. The zero-order valence-corrected chi connectivity index (χ0v) is 12.1. The third-order valence-corrected chi connectivity index (χ3v) is 3.56. The van der Waals surface area contributed by atoms with Crippen molar-refractivity contribution in [3.8, 4) is 5.88 Å². The number of amides is 1. The van der Waals surface area contributed by atoms with Crippen molar-refractivity contribution in [1.29, 1.82) is 0 Å². The van der Waals surface area contributed by atoms with Gasteiger partial charge in [0, 0.05) is 24.7 Å². The molecule has 0 saturated carbocycles. The number of hydrogen-bond acceptors (Lipinski definition) is 5. The zero-order valence-electron chi connectivity index (χ0n) is 12.1. The van der Waals surface area contributed by atoms with Crippen molar-refractivity contribution >= 4 is 5.91 Å². The van der Waals surface area contributed by atoms with Gasteiger partial charge in [0.05, 0.1) is 12.7 Å². The third kappa shape index (κ3) is 2.89. The molecule has 6 heteroatoms. The van der Waals surface area contributed by atoms with Crippen LogP contribution in [-0.2, 0) is 0 Å². The van der Waals surface area contributed by atoms with E-state index in [4.69, 9.17) is 9.26 Å². The van der Waals surface area contributed by atoms with Crippen LogP contribution < -0.4 is 4.74 Å². The Bertz CT molecular complexity index is 653. The third-order valence-electron chi connectivity index (χ3n) is 3.56. The van der Waals surface area contributed by atoms with Crippen molar-refractivity contribution in [3.05, 3.63) is 41.4 Å². The van der Waals surface area contributed by atoms with Gasteiger partial charge in [-0.2, -0.15) is 0 Å². The Morgan fingerprint density at radius 2 is 2.29 bits per heavy atom. The molecule has 0 aliphatic carbocycles. The van der Waals surface area contributed by atoms with Crippen LogP contribution in [0.15, 0.2) is 28.9 Å². The highest BCUT2D eigenvalue weighted by Gasteiger charge is 2.30. The maximum Gasteiger partial charge on any atom is 0.259 e. The molecule has 21 heavy (non-hydrogen) atoms. The van der Waals surface area contributed by atoms with E-state index in [0.29, 0.717) is 30.3 Å². The smallest absolute Gasteiger partial charge is 0.259 e. The summed E-state index contributed by atoms with van der Waals surface area (Å²) in [5, 5.41) is 3.65. The van der Waals surface area contributed by atoms with Gasteiger partial charge in [0.25, 0.3) is 5.91 Å². The van der Waals surface area contributed by atoms with E-state index < -0.39 is 0 Å². The topological polar surface area (TPSA) is 68.5 Å². The summed E-state index contributed by atoms with van der Waals surface area (Å²) >= 11 is 0. The number of aryl methyl sites for hydroxylation is 2. The largest absolute Gasteiger partial charge is 0.472 e. The monoisotopic (exact) mass is 287 g/mol. The van der Waals surface area contributed by atoms with Gasteiger partial charge in [-0.15, -0.1) is 0 Å². The first-order valence-corrected chi connectivity index (χ1v) is 6.94. The van der Waals surface area contributed by atoms with Crippen LogP contribution in [0.5, 0.6) is 5.88 Å². The van der Waals surface area contributed by atoms with Crippen molar-refractivity contribution in [2.45, 2.75) is 26.4 Å². The summed E-state index contributed by atoms with van der Waals surface area (Å²) in [6.45, 7) is 4.88. The fourth-order valence-corrected chi connectivity index (χ4v) is 2.44. The van der Waals surface area contributed by atoms with Crippen LogP contribution in [0.4, 0.5) is 0 Å². The molecule has 2 aromatic heterocycles. The van der Waals surface area contributed by atoms with Crippen LogP contribution in [0.1, 0.15) is 28.2 Å². The highest BCUT2D eigenvalue weighted by Crippen LogP contribution is 2.19. The SMILES string of the molecule is Cc1cccc(O[C@@H]2CCN(C(=O)c3cnoc3C)C2)n1. The van der Waals surface area contributed by atoms with Gasteiger partial charge in [-0.3, -0.25) is 4.79 Å². The van der Waals surface area contributed by atoms with E-state index in [0.717, 1.165) is 12.1 Å². The molecule has 0 bridgehead atoms. The average molecular weight is 287 g/mol. The number of pyridine rings is 1. The summed E-state index contributed by atoms with van der Waals surface area (Å²) in [6.07, 6.45) is 2.24. The number of carbonyl (C=O) groups excluding carboxylic acids is 1. The molecule has 0 unspecified atom stereocenters. The summed E-state index contributed by atoms with van der Waals surface area (Å²) in [6, 6.07) is 5.67. The number of nitrogens with zero attached hydrogens (tertiary/aromatic N) is 3. The van der Waals surface area contributed by atoms with Crippen molar-refractivity contribution in [3.63, 3.8) is 0 Å². The lowest BCUT2D eigenvalue weighted by atomic mass is 10.2. The fraction of sp³-hybridized carbons (Fsp3) is 0.400.